The molecule has 0 aliphatic carbocycles. The van der Waals surface area contributed by atoms with Gasteiger partial charge in [-0.25, -0.2) is 17.6 Å². The SMILES string of the molecule is FC/C(=N\S)c1cccc(F)c1F. The molecule has 0 aliphatic rings. The fourth-order valence-electron chi connectivity index (χ4n) is 0.879. The second kappa shape index (κ2) is 4.32. The molecular weight excluding hydrogens is 199 g/mol. The molecule has 0 bridgehead atoms. The van der Waals surface area contributed by atoms with E-state index in [2.05, 4.69) is 17.2 Å². The van der Waals surface area contributed by atoms with E-state index in [1.54, 1.807) is 0 Å². The molecule has 0 aromatic heterocycles. The summed E-state index contributed by atoms with van der Waals surface area (Å²) < 4.78 is 41.0. The monoisotopic (exact) mass is 205 g/mol. The highest BCUT2D eigenvalue weighted by atomic mass is 32.1. The summed E-state index contributed by atoms with van der Waals surface area (Å²) in [6.45, 7) is -0.982. The van der Waals surface area contributed by atoms with E-state index in [0.29, 0.717) is 0 Å². The van der Waals surface area contributed by atoms with E-state index in [-0.39, 0.29) is 11.3 Å². The highest BCUT2D eigenvalue weighted by Gasteiger charge is 2.12. The molecule has 0 aliphatic heterocycles. The van der Waals surface area contributed by atoms with E-state index < -0.39 is 18.3 Å². The highest BCUT2D eigenvalue weighted by molar-refractivity contribution is 7.79. The van der Waals surface area contributed by atoms with Gasteiger partial charge in [-0.1, -0.05) is 6.07 Å². The molecule has 0 amide bonds. The second-order valence-corrected chi connectivity index (χ2v) is 2.48. The zero-order chi connectivity index (χ0) is 9.84. The molecule has 0 saturated heterocycles. The third-order valence-corrected chi connectivity index (χ3v) is 1.75. The number of nitrogens with zero attached hydrogens (tertiary/aromatic N) is 1. The van der Waals surface area contributed by atoms with Crippen LogP contribution in [0.1, 0.15) is 5.56 Å². The molecule has 0 fully saturated rings. The summed E-state index contributed by atoms with van der Waals surface area (Å²) in [5.74, 6) is -2.13. The van der Waals surface area contributed by atoms with Crippen molar-refractivity contribution < 1.29 is 13.2 Å². The second-order valence-electron chi connectivity index (χ2n) is 2.28. The molecule has 0 unspecified atom stereocenters. The molecule has 1 aromatic carbocycles. The van der Waals surface area contributed by atoms with Crippen molar-refractivity contribution >= 4 is 18.5 Å². The Morgan fingerprint density at radius 2 is 2.08 bits per heavy atom. The van der Waals surface area contributed by atoms with Crippen molar-refractivity contribution in [1.29, 1.82) is 0 Å². The fraction of sp³-hybridized carbons (Fsp3) is 0.125. The van der Waals surface area contributed by atoms with E-state index >= 15 is 0 Å². The van der Waals surface area contributed by atoms with Gasteiger partial charge in [0.25, 0.3) is 0 Å². The molecule has 5 heteroatoms. The van der Waals surface area contributed by atoms with Crippen LogP contribution in [0.5, 0.6) is 0 Å². The molecule has 1 nitrogen and oxygen atoms in total. The first kappa shape index (κ1) is 10.1. The third kappa shape index (κ3) is 2.03. The number of thiol groups is 1. The molecule has 0 radical (unpaired) electrons. The van der Waals surface area contributed by atoms with Gasteiger partial charge in [-0.05, 0) is 24.9 Å². The first-order valence-electron chi connectivity index (χ1n) is 3.42. The lowest BCUT2D eigenvalue weighted by Crippen LogP contribution is -2.06. The zero-order valence-electron chi connectivity index (χ0n) is 6.47. The van der Waals surface area contributed by atoms with Crippen LogP contribution in [-0.4, -0.2) is 12.4 Å². The van der Waals surface area contributed by atoms with Crippen LogP contribution in [0, 0.1) is 11.6 Å². The minimum Gasteiger partial charge on any atom is -0.244 e. The first-order chi connectivity index (χ1) is 6.20. The first-order valence-corrected chi connectivity index (χ1v) is 3.82. The van der Waals surface area contributed by atoms with Crippen LogP contribution >= 0.6 is 12.8 Å². The summed E-state index contributed by atoms with van der Waals surface area (Å²) in [4.78, 5) is 0. The van der Waals surface area contributed by atoms with Gasteiger partial charge in [-0.15, -0.1) is 0 Å². The van der Waals surface area contributed by atoms with Crippen molar-refractivity contribution in [1.82, 2.24) is 0 Å². The molecular formula is C8H6F3NS. The Balaban J connectivity index is 3.22. The lowest BCUT2D eigenvalue weighted by Gasteiger charge is -2.02. The van der Waals surface area contributed by atoms with Gasteiger partial charge < -0.3 is 0 Å². The molecule has 0 spiro atoms. The molecule has 13 heavy (non-hydrogen) atoms. The summed E-state index contributed by atoms with van der Waals surface area (Å²) >= 11 is 3.45. The Morgan fingerprint density at radius 3 is 2.62 bits per heavy atom. The van der Waals surface area contributed by atoms with Crippen molar-refractivity contribution in [2.45, 2.75) is 0 Å². The van der Waals surface area contributed by atoms with Crippen LogP contribution in [0.15, 0.2) is 22.6 Å². The van der Waals surface area contributed by atoms with Gasteiger partial charge in [0, 0.05) is 5.56 Å². The Kier molecular flexibility index (Phi) is 3.36. The van der Waals surface area contributed by atoms with Gasteiger partial charge in [0.15, 0.2) is 11.6 Å². The largest absolute Gasteiger partial charge is 0.244 e. The van der Waals surface area contributed by atoms with E-state index in [9.17, 15) is 13.2 Å². The maximum Gasteiger partial charge on any atom is 0.167 e. The number of benzene rings is 1. The predicted octanol–water partition coefficient (Wildman–Crippen LogP) is 2.57. The van der Waals surface area contributed by atoms with Crippen LogP contribution in [0.3, 0.4) is 0 Å². The molecule has 1 aromatic rings. The summed E-state index contributed by atoms with van der Waals surface area (Å²) in [5, 5.41) is 0. The van der Waals surface area contributed by atoms with E-state index in [4.69, 9.17) is 0 Å². The van der Waals surface area contributed by atoms with Crippen LogP contribution in [0.25, 0.3) is 0 Å². The summed E-state index contributed by atoms with van der Waals surface area (Å²) in [7, 11) is 0. The van der Waals surface area contributed by atoms with E-state index in [1.165, 1.54) is 12.1 Å². The van der Waals surface area contributed by atoms with Gasteiger partial charge in [0.1, 0.15) is 6.67 Å². The van der Waals surface area contributed by atoms with Crippen LogP contribution in [0.2, 0.25) is 0 Å². The van der Waals surface area contributed by atoms with Gasteiger partial charge in [-0.2, -0.15) is 0 Å². The van der Waals surface area contributed by atoms with Crippen molar-refractivity contribution in [3.05, 3.63) is 35.4 Å². The molecule has 0 heterocycles. The molecule has 0 atom stereocenters. The molecule has 1 rings (SSSR count). The summed E-state index contributed by atoms with van der Waals surface area (Å²) in [5.41, 5.74) is -0.419. The predicted molar refractivity (Wildman–Crippen MR) is 47.9 cm³/mol. The van der Waals surface area contributed by atoms with Gasteiger partial charge in [-0.3, -0.25) is 0 Å². The quantitative estimate of drug-likeness (QED) is 0.562. The average Bonchev–Trinajstić information content (AvgIpc) is 2.14. The summed E-state index contributed by atoms with van der Waals surface area (Å²) in [6.07, 6.45) is 0. The molecule has 0 saturated carbocycles. The molecule has 70 valence electrons. The summed E-state index contributed by atoms with van der Waals surface area (Å²) in [6, 6.07) is 3.47. The number of alkyl halides is 1. The Bertz CT molecular complexity index is 338. The third-order valence-electron chi connectivity index (χ3n) is 1.51. The number of hydrogen-bond acceptors (Lipinski definition) is 2. The normalized spacial score (nSPS) is 11.8. The van der Waals surface area contributed by atoms with Gasteiger partial charge >= 0.3 is 0 Å². The highest BCUT2D eigenvalue weighted by Crippen LogP contribution is 2.13. The standard InChI is InChI=1S/C8H6F3NS/c9-4-7(12-13)5-2-1-3-6(10)8(5)11/h1-3,13H,4H2/b12-7+. The minimum absolute atomic E-state index is 0.197. The maximum absolute atomic E-state index is 13.0. The minimum atomic E-state index is -1.10. The van der Waals surface area contributed by atoms with Crippen LogP contribution < -0.4 is 0 Å². The Labute approximate surface area is 78.8 Å². The average molecular weight is 205 g/mol. The number of hydrogen-bond donors (Lipinski definition) is 1. The Morgan fingerprint density at radius 1 is 1.38 bits per heavy atom. The maximum atomic E-state index is 13.0. The van der Waals surface area contributed by atoms with Crippen molar-refractivity contribution in [3.8, 4) is 0 Å². The van der Waals surface area contributed by atoms with Crippen LogP contribution in [0.4, 0.5) is 13.2 Å². The lowest BCUT2D eigenvalue weighted by molar-refractivity contribution is 0.505. The Hall–Kier alpha value is -0.970. The molecule has 0 N–H and O–H groups in total. The van der Waals surface area contributed by atoms with Crippen LogP contribution in [-0.2, 0) is 0 Å². The smallest absolute Gasteiger partial charge is 0.167 e. The lowest BCUT2D eigenvalue weighted by atomic mass is 10.1. The van der Waals surface area contributed by atoms with Gasteiger partial charge in [0.2, 0.25) is 0 Å². The van der Waals surface area contributed by atoms with Crippen molar-refractivity contribution in [2.75, 3.05) is 6.67 Å². The zero-order valence-corrected chi connectivity index (χ0v) is 7.36. The number of rotatable bonds is 2. The number of halogens is 3. The van der Waals surface area contributed by atoms with Crippen molar-refractivity contribution in [3.63, 3.8) is 0 Å². The topological polar surface area (TPSA) is 12.4 Å². The van der Waals surface area contributed by atoms with E-state index in [0.717, 1.165) is 6.07 Å². The van der Waals surface area contributed by atoms with Gasteiger partial charge in [0.05, 0.1) is 5.71 Å². The van der Waals surface area contributed by atoms with Crippen molar-refractivity contribution in [2.24, 2.45) is 4.40 Å². The van der Waals surface area contributed by atoms with E-state index in [1.807, 2.05) is 0 Å². The fourth-order valence-corrected chi connectivity index (χ4v) is 1.04.